The van der Waals surface area contributed by atoms with E-state index in [0.717, 1.165) is 103 Å². The van der Waals surface area contributed by atoms with Gasteiger partial charge in [0, 0.05) is 58.7 Å². The van der Waals surface area contributed by atoms with Crippen molar-refractivity contribution in [1.29, 1.82) is 10.5 Å². The van der Waals surface area contributed by atoms with Crippen molar-refractivity contribution in [2.45, 2.75) is 69.6 Å². The quantitative estimate of drug-likeness (QED) is 0.0870. The van der Waals surface area contributed by atoms with Gasteiger partial charge in [0.1, 0.15) is 0 Å². The third-order valence-corrected chi connectivity index (χ3v) is 15.7. The van der Waals surface area contributed by atoms with Gasteiger partial charge in [0.2, 0.25) is 0 Å². The summed E-state index contributed by atoms with van der Waals surface area (Å²) in [6, 6.07) is 9.13. The first kappa shape index (κ1) is 37.8. The second-order valence-corrected chi connectivity index (χ2v) is 18.3. The van der Waals surface area contributed by atoms with Crippen LogP contribution >= 0.6 is 22.7 Å². The molecule has 6 aliphatic rings. The van der Waals surface area contributed by atoms with E-state index in [0.29, 0.717) is 4.88 Å². The largest absolute Gasteiger partial charge is 0.289 e. The molecule has 6 aliphatic carbocycles. The lowest BCUT2D eigenvalue weighted by atomic mass is 9.66. The van der Waals surface area contributed by atoms with E-state index < -0.39 is 40.3 Å². The number of fused-ring (bicyclic) bond motifs is 9. The summed E-state index contributed by atoms with van der Waals surface area (Å²) in [7, 11) is 0. The second kappa shape index (κ2) is 13.5. The van der Waals surface area contributed by atoms with E-state index in [1.54, 1.807) is 23.5 Å². The summed E-state index contributed by atoms with van der Waals surface area (Å²) in [5.41, 5.74) is 2.96. The fraction of sp³-hybridized carbons (Fsp3) is 0.250. The number of carbonyl (C=O) groups excluding carboxylic acids is 2. The Labute approximate surface area is 349 Å². The minimum Gasteiger partial charge on any atom is -0.289 e. The van der Waals surface area contributed by atoms with Gasteiger partial charge in [-0.3, -0.25) is 9.59 Å². The summed E-state index contributed by atoms with van der Waals surface area (Å²) >= 11 is 3.17. The van der Waals surface area contributed by atoms with E-state index in [4.69, 9.17) is 13.1 Å². The highest BCUT2D eigenvalue weighted by Gasteiger charge is 2.56. The van der Waals surface area contributed by atoms with Crippen molar-refractivity contribution in [3.8, 4) is 12.1 Å². The van der Waals surface area contributed by atoms with Crippen molar-refractivity contribution in [2.24, 2.45) is 5.41 Å². The zero-order chi connectivity index (χ0) is 41.8. The van der Waals surface area contributed by atoms with Crippen LogP contribution in [0.25, 0.3) is 41.9 Å². The smallest absolute Gasteiger partial charge is 0.270 e. The molecular formula is C48H28F4N4O2S2. The van der Waals surface area contributed by atoms with Crippen LogP contribution in [0.4, 0.5) is 17.6 Å². The summed E-state index contributed by atoms with van der Waals surface area (Å²) in [6.07, 6.45) is 15.0. The number of benzene rings is 2. The lowest BCUT2D eigenvalue weighted by Gasteiger charge is -2.38. The van der Waals surface area contributed by atoms with Crippen LogP contribution < -0.4 is 0 Å². The summed E-state index contributed by atoms with van der Waals surface area (Å²) in [6.45, 7) is 15.4. The maximum atomic E-state index is 14.7. The highest BCUT2D eigenvalue weighted by Crippen LogP contribution is 2.70. The first-order valence-corrected chi connectivity index (χ1v) is 21.2. The average Bonchev–Trinajstić information content (AvgIpc) is 4.04. The zero-order valence-corrected chi connectivity index (χ0v) is 33.3. The van der Waals surface area contributed by atoms with E-state index in [-0.39, 0.29) is 61.4 Å². The minimum atomic E-state index is -1.20. The normalized spacial score (nSPS) is 22.4. The molecule has 2 aromatic carbocycles. The molecule has 292 valence electrons. The molecule has 0 aliphatic heterocycles. The van der Waals surface area contributed by atoms with E-state index >= 15 is 0 Å². The molecule has 10 rings (SSSR count). The molecule has 0 amide bonds. The predicted octanol–water partition coefficient (Wildman–Crippen LogP) is 12.8. The van der Waals surface area contributed by atoms with Gasteiger partial charge >= 0.3 is 0 Å². The Hall–Kier alpha value is -6.44. The van der Waals surface area contributed by atoms with Gasteiger partial charge in [0.25, 0.3) is 11.4 Å². The molecule has 4 aromatic rings. The molecular weight excluding hydrogens is 805 g/mol. The highest BCUT2D eigenvalue weighted by molar-refractivity contribution is 7.29. The Kier molecular flexibility index (Phi) is 8.54. The van der Waals surface area contributed by atoms with E-state index in [1.165, 1.54) is 32.9 Å². The number of rotatable bonds is 2. The van der Waals surface area contributed by atoms with E-state index in [2.05, 4.69) is 15.8 Å². The summed E-state index contributed by atoms with van der Waals surface area (Å²) in [5.74, 6) is -5.89. The Morgan fingerprint density at radius 1 is 0.667 bits per heavy atom. The van der Waals surface area contributed by atoms with Crippen molar-refractivity contribution in [3.05, 3.63) is 160 Å². The highest BCUT2D eigenvalue weighted by atomic mass is 32.1. The first-order valence-electron chi connectivity index (χ1n) is 19.6. The number of allylic oxidation sites excluding steroid dienone is 11. The Balaban J connectivity index is 1.14. The van der Waals surface area contributed by atoms with Gasteiger partial charge in [0.15, 0.2) is 34.8 Å². The van der Waals surface area contributed by atoms with Gasteiger partial charge in [-0.05, 0) is 102 Å². The molecule has 2 aromatic heterocycles. The zero-order valence-electron chi connectivity index (χ0n) is 31.6. The number of ketones is 2. The van der Waals surface area contributed by atoms with Crippen molar-refractivity contribution in [2.75, 3.05) is 0 Å². The SMILES string of the molecule is [C-]#[N+]/C(C#N)=C1\C(=C\c2cc3sc4c(c3s2)C2(CCCCC2)C2=C4C3(CCCCC3)C(/C=C3\C(=O)c4cc(F)c(F)cc4\C3=C(\C#N)[N+]#[C-])=C2)C(=O)c2cc(F)c(F)cc21. The molecule has 0 atom stereocenters. The van der Waals surface area contributed by atoms with Gasteiger partial charge in [-0.25, -0.2) is 37.8 Å². The van der Waals surface area contributed by atoms with Crippen LogP contribution in [0, 0.1) is 64.5 Å². The monoisotopic (exact) mass is 832 g/mol. The number of hydrogen-bond donors (Lipinski definition) is 0. The van der Waals surface area contributed by atoms with Crippen molar-refractivity contribution in [1.82, 2.24) is 0 Å². The molecule has 2 fully saturated rings. The maximum Gasteiger partial charge on any atom is 0.270 e. The number of halogens is 4. The van der Waals surface area contributed by atoms with Crippen LogP contribution in [-0.2, 0) is 5.41 Å². The molecule has 12 heteroatoms. The Morgan fingerprint density at radius 3 is 1.65 bits per heavy atom. The van der Waals surface area contributed by atoms with Crippen LogP contribution in [0.3, 0.4) is 0 Å². The van der Waals surface area contributed by atoms with Crippen LogP contribution in [0.1, 0.15) is 111 Å². The fourth-order valence-electron chi connectivity index (χ4n) is 10.8. The van der Waals surface area contributed by atoms with Gasteiger partial charge in [-0.2, -0.15) is 0 Å². The average molecular weight is 833 g/mol. The fourth-order valence-corrected chi connectivity index (χ4v) is 13.7. The molecule has 2 heterocycles. The van der Waals surface area contributed by atoms with Gasteiger partial charge in [-0.1, -0.05) is 44.6 Å². The first-order chi connectivity index (χ1) is 29.0. The van der Waals surface area contributed by atoms with Crippen LogP contribution in [0.2, 0.25) is 0 Å². The Bertz CT molecular complexity index is 3100. The van der Waals surface area contributed by atoms with Crippen molar-refractivity contribution >= 4 is 66.4 Å². The number of thiophene rings is 2. The van der Waals surface area contributed by atoms with Crippen LogP contribution in [-0.4, -0.2) is 11.6 Å². The third kappa shape index (κ3) is 5.05. The van der Waals surface area contributed by atoms with Crippen molar-refractivity contribution < 1.29 is 27.2 Å². The van der Waals surface area contributed by atoms with Gasteiger partial charge < -0.3 is 0 Å². The standard InChI is InChI=1S/C48H28F4N4O2S2/c1-55-36(21-53)39-25-17-32(49)34(51)19-27(25)43(57)29(39)13-23-14-31-41(47(23)9-5-3-6-10-47)46-42(48(31)11-7-4-8-12-48)45-38(60-46)16-24(59-45)15-30-40(37(22-54)56-2)26-18-33(50)35(52)20-28(26)44(30)58/h13-20H,3-12H2/b29-13-,30-15-,39-36+,40-37-. The summed E-state index contributed by atoms with van der Waals surface area (Å²) < 4.78 is 60.1. The lowest BCUT2D eigenvalue weighted by molar-refractivity contribution is 0.103. The predicted molar refractivity (Wildman–Crippen MR) is 221 cm³/mol. The van der Waals surface area contributed by atoms with Crippen LogP contribution in [0.15, 0.2) is 76.2 Å². The topological polar surface area (TPSA) is 90.4 Å². The number of nitrogens with zero attached hydrogens (tertiary/aromatic N) is 4. The number of carbonyl (C=O) groups is 2. The third-order valence-electron chi connectivity index (χ3n) is 13.3. The molecule has 2 saturated carbocycles. The molecule has 2 spiro atoms. The van der Waals surface area contributed by atoms with E-state index in [9.17, 15) is 37.7 Å². The van der Waals surface area contributed by atoms with Crippen LogP contribution in [0.5, 0.6) is 0 Å². The molecule has 0 radical (unpaired) electrons. The summed E-state index contributed by atoms with van der Waals surface area (Å²) in [5, 5.41) is 19.9. The molecule has 0 N–H and O–H groups in total. The number of Topliss-reactive ketones (excluding diaryl/α,β-unsaturated/α-hetero) is 2. The number of hydrogen-bond acceptors (Lipinski definition) is 6. The molecule has 60 heavy (non-hydrogen) atoms. The number of nitriles is 2. The molecule has 6 nitrogen and oxygen atoms in total. The van der Waals surface area contributed by atoms with E-state index in [1.807, 2.05) is 18.2 Å². The lowest BCUT2D eigenvalue weighted by Crippen LogP contribution is -2.28. The molecule has 0 bridgehead atoms. The summed E-state index contributed by atoms with van der Waals surface area (Å²) in [4.78, 5) is 36.5. The van der Waals surface area contributed by atoms with Gasteiger partial charge in [-0.15, -0.1) is 22.7 Å². The minimum absolute atomic E-state index is 0.0112. The van der Waals surface area contributed by atoms with Crippen molar-refractivity contribution in [3.63, 3.8) is 0 Å². The second-order valence-electron chi connectivity index (χ2n) is 16.1. The van der Waals surface area contributed by atoms with Gasteiger partial charge in [0.05, 0.1) is 30.0 Å². The molecule has 0 saturated heterocycles. The Morgan fingerprint density at radius 2 is 1.15 bits per heavy atom. The maximum absolute atomic E-state index is 14.7. The molecule has 0 unspecified atom stereocenters.